The number of nitrogens with two attached hydrogens (primary N) is 1. The Morgan fingerprint density at radius 1 is 1.33 bits per heavy atom. The van der Waals surface area contributed by atoms with Gasteiger partial charge < -0.3 is 15.9 Å². The Hall–Kier alpha value is 0.822. The van der Waals surface area contributed by atoms with Crippen LogP contribution < -0.4 is 5.73 Å². The number of hydrogen-bond donors (Lipinski definition) is 3. The zero-order valence-corrected chi connectivity index (χ0v) is 11.5. The van der Waals surface area contributed by atoms with Gasteiger partial charge in [-0.25, -0.2) is 0 Å². The second-order valence-electron chi connectivity index (χ2n) is 1.88. The molecule has 0 saturated heterocycles. The molecule has 7 heteroatoms. The second-order valence-corrected chi connectivity index (χ2v) is 1.88. The van der Waals surface area contributed by atoms with Crippen LogP contribution in [0.5, 0.6) is 0 Å². The van der Waals surface area contributed by atoms with Gasteiger partial charge in [-0.1, -0.05) is 0 Å². The van der Waals surface area contributed by atoms with E-state index in [9.17, 15) is 9.59 Å². The third kappa shape index (κ3) is 10.8. The zero-order chi connectivity index (χ0) is 8.15. The Morgan fingerprint density at radius 3 is 2.00 bits per heavy atom. The van der Waals surface area contributed by atoms with Gasteiger partial charge in [0.15, 0.2) is 0 Å². The van der Waals surface area contributed by atoms with Gasteiger partial charge in [-0.05, 0) is 6.42 Å². The minimum absolute atomic E-state index is 0. The maximum absolute atomic E-state index is 9.99. The molecule has 1 atom stereocenters. The Balaban J connectivity index is -0.000000405. The third-order valence-electron chi connectivity index (χ3n) is 0.986. The van der Waals surface area contributed by atoms with Crippen molar-refractivity contribution in [1.82, 2.24) is 0 Å². The molecule has 0 aliphatic rings. The van der Waals surface area contributed by atoms with Crippen molar-refractivity contribution in [1.29, 1.82) is 0 Å². The van der Waals surface area contributed by atoms with E-state index in [0.29, 0.717) is 0 Å². The fourth-order valence-corrected chi connectivity index (χ4v) is 0.402. The quantitative estimate of drug-likeness (QED) is 0.477. The number of carboxylic acids is 2. The summed E-state index contributed by atoms with van der Waals surface area (Å²) in [5, 5.41) is 16.3. The average Bonchev–Trinajstić information content (AvgIpc) is 1.82. The monoisotopic (exact) mass is 381 g/mol. The van der Waals surface area contributed by atoms with Gasteiger partial charge in [-0.2, -0.15) is 0 Å². The Kier molecular flexibility index (Phi) is 15.3. The van der Waals surface area contributed by atoms with Crippen molar-refractivity contribution in [3.05, 3.63) is 0 Å². The summed E-state index contributed by atoms with van der Waals surface area (Å²) in [7, 11) is 0. The van der Waals surface area contributed by atoms with Gasteiger partial charge >= 0.3 is 68.8 Å². The van der Waals surface area contributed by atoms with Gasteiger partial charge in [0.1, 0.15) is 6.04 Å². The predicted molar refractivity (Wildman–Crippen MR) is 48.2 cm³/mol. The molecule has 0 unspecified atom stereocenters. The molecule has 0 heterocycles. The molecule has 0 aromatic rings. The van der Waals surface area contributed by atoms with Crippen molar-refractivity contribution in [3.8, 4) is 0 Å². The first-order valence-corrected chi connectivity index (χ1v) is 2.74. The van der Waals surface area contributed by atoms with Crippen molar-refractivity contribution in [2.24, 2.45) is 5.73 Å². The molecule has 0 aliphatic carbocycles. The summed E-state index contributed by atoms with van der Waals surface area (Å²) < 4.78 is 0. The van der Waals surface area contributed by atoms with E-state index in [4.69, 9.17) is 15.9 Å². The maximum atomic E-state index is 9.99. The summed E-state index contributed by atoms with van der Waals surface area (Å²) in [4.78, 5) is 19.9. The molecule has 0 saturated carbocycles. The topological polar surface area (TPSA) is 101 Å². The SMILES string of the molecule is N[C@@H](CCC(=O)O)C(=O)O.[NaH].[PbH2]. The van der Waals surface area contributed by atoms with Gasteiger partial charge in [0.2, 0.25) is 0 Å². The van der Waals surface area contributed by atoms with Gasteiger partial charge in [-0.15, -0.1) is 0 Å². The van der Waals surface area contributed by atoms with Gasteiger partial charge in [-0.3, -0.25) is 9.59 Å². The van der Waals surface area contributed by atoms with Crippen molar-refractivity contribution in [2.45, 2.75) is 18.9 Å². The van der Waals surface area contributed by atoms with Crippen LogP contribution in [0.1, 0.15) is 12.8 Å². The molecule has 66 valence electrons. The van der Waals surface area contributed by atoms with Crippen molar-refractivity contribution < 1.29 is 19.8 Å². The summed E-state index contributed by atoms with van der Waals surface area (Å²) in [6.45, 7) is 0. The van der Waals surface area contributed by atoms with Gasteiger partial charge in [0.25, 0.3) is 0 Å². The summed E-state index contributed by atoms with van der Waals surface area (Å²) in [5.41, 5.74) is 5.00. The average molecular weight is 380 g/mol. The molecule has 0 bridgehead atoms. The van der Waals surface area contributed by atoms with Crippen molar-refractivity contribution in [2.75, 3.05) is 0 Å². The van der Waals surface area contributed by atoms with Crippen LogP contribution in [-0.2, 0) is 9.59 Å². The van der Waals surface area contributed by atoms with Crippen LogP contribution in [0.3, 0.4) is 0 Å². The molecule has 5 nitrogen and oxygen atoms in total. The molecule has 0 spiro atoms. The fraction of sp³-hybridized carbons (Fsp3) is 0.600. The molecule has 12 heavy (non-hydrogen) atoms. The van der Waals surface area contributed by atoms with Crippen LogP contribution in [0.25, 0.3) is 0 Å². The van der Waals surface area contributed by atoms with Crippen LogP contribution in [0.2, 0.25) is 0 Å². The van der Waals surface area contributed by atoms with Crippen molar-refractivity contribution in [3.63, 3.8) is 0 Å². The van der Waals surface area contributed by atoms with E-state index in [1.54, 1.807) is 0 Å². The van der Waals surface area contributed by atoms with Crippen LogP contribution in [0.15, 0.2) is 0 Å². The van der Waals surface area contributed by atoms with Gasteiger partial charge in [0.05, 0.1) is 0 Å². The summed E-state index contributed by atoms with van der Waals surface area (Å²) in [6.07, 6.45) is -0.224. The molecule has 2 radical (unpaired) electrons. The first-order valence-electron chi connectivity index (χ1n) is 2.74. The normalized spacial score (nSPS) is 10.4. The van der Waals surface area contributed by atoms with E-state index in [1.807, 2.05) is 0 Å². The van der Waals surface area contributed by atoms with E-state index in [0.717, 1.165) is 0 Å². The molecule has 0 aromatic carbocycles. The molecule has 0 fully saturated rings. The predicted octanol–water partition coefficient (Wildman–Crippen LogP) is -2.30. The summed E-state index contributed by atoms with van der Waals surface area (Å²) in [5.74, 6) is -2.20. The Labute approximate surface area is 112 Å². The number of hydrogen-bond acceptors (Lipinski definition) is 3. The van der Waals surface area contributed by atoms with Crippen LogP contribution >= 0.6 is 0 Å². The standard InChI is InChI=1S/C5H9NO4.Na.Pb.3H/c6-3(5(9)10)1-2-4(7)8;;;;;/h3H,1-2,6H2,(H,7,8)(H,9,10);;;;;/t3-;;;;;/m0...../s1. The molecule has 0 amide bonds. The van der Waals surface area contributed by atoms with Crippen LogP contribution in [-0.4, -0.2) is 85.0 Å². The second kappa shape index (κ2) is 9.91. The first kappa shape index (κ1) is 18.6. The van der Waals surface area contributed by atoms with Crippen LogP contribution in [0.4, 0.5) is 0 Å². The number of carboxylic acid groups (broad SMARTS) is 2. The fourth-order valence-electron chi connectivity index (χ4n) is 0.402. The molecule has 0 aliphatic heterocycles. The molecule has 0 aromatic heterocycles. The summed E-state index contributed by atoms with van der Waals surface area (Å²) in [6, 6.07) is -1.06. The number of carbonyl (C=O) groups is 2. The van der Waals surface area contributed by atoms with E-state index < -0.39 is 18.0 Å². The third-order valence-corrected chi connectivity index (χ3v) is 0.986. The first-order chi connectivity index (χ1) is 4.54. The van der Waals surface area contributed by atoms with E-state index in [1.165, 1.54) is 0 Å². The van der Waals surface area contributed by atoms with E-state index in [-0.39, 0.29) is 69.7 Å². The Morgan fingerprint density at radius 2 is 1.75 bits per heavy atom. The zero-order valence-electron chi connectivity index (χ0n) is 5.99. The minimum atomic E-state index is -1.17. The number of rotatable bonds is 4. The summed E-state index contributed by atoms with van der Waals surface area (Å²) >= 11 is 0. The van der Waals surface area contributed by atoms with E-state index in [2.05, 4.69) is 0 Å². The molecular weight excluding hydrogens is 368 g/mol. The van der Waals surface area contributed by atoms with Crippen LogP contribution in [0, 0.1) is 0 Å². The molecule has 4 N–H and O–H groups in total. The molecular formula is C5H12NNaO4Pb. The number of aliphatic carboxylic acids is 2. The van der Waals surface area contributed by atoms with Gasteiger partial charge in [0, 0.05) is 6.42 Å². The molecule has 0 rings (SSSR count). The van der Waals surface area contributed by atoms with E-state index >= 15 is 0 Å². The van der Waals surface area contributed by atoms with Crippen molar-refractivity contribution >= 4 is 68.8 Å². The Bertz CT molecular complexity index is 154.